The number of carbonyl (C=O) groups excluding carboxylic acids is 1. The second-order valence-corrected chi connectivity index (χ2v) is 7.67. The van der Waals surface area contributed by atoms with Crippen LogP contribution in [-0.2, 0) is 0 Å². The van der Waals surface area contributed by atoms with Crippen molar-refractivity contribution in [3.63, 3.8) is 0 Å². The molecule has 11 heteroatoms. The van der Waals surface area contributed by atoms with Crippen molar-refractivity contribution in [3.8, 4) is 40.0 Å². The molecule has 0 aliphatic carbocycles. The second-order valence-electron chi connectivity index (χ2n) is 7.67. The van der Waals surface area contributed by atoms with Crippen molar-refractivity contribution < 1.29 is 19.0 Å². The number of carbonyl (C=O) groups is 1. The van der Waals surface area contributed by atoms with E-state index in [1.807, 2.05) is 36.4 Å². The van der Waals surface area contributed by atoms with Crippen molar-refractivity contribution >= 4 is 11.6 Å². The first kappa shape index (κ1) is 22.8. The van der Waals surface area contributed by atoms with Crippen LogP contribution in [0.1, 0.15) is 10.5 Å². The van der Waals surface area contributed by atoms with E-state index < -0.39 is 0 Å². The Morgan fingerprint density at radius 1 is 0.944 bits per heavy atom. The van der Waals surface area contributed by atoms with E-state index in [0.717, 1.165) is 11.1 Å². The number of aromatic nitrogens is 6. The van der Waals surface area contributed by atoms with Crippen LogP contribution in [-0.4, -0.2) is 63.3 Å². The van der Waals surface area contributed by atoms with Crippen LogP contribution in [0.5, 0.6) is 17.4 Å². The van der Waals surface area contributed by atoms with E-state index in [1.54, 1.807) is 49.1 Å². The van der Waals surface area contributed by atoms with Gasteiger partial charge < -0.3 is 19.5 Å². The highest BCUT2D eigenvalue weighted by atomic mass is 16.5. The highest BCUT2D eigenvalue weighted by Crippen LogP contribution is 2.31. The average molecular weight is 486 g/mol. The standard InChI is InChI=1S/C25H23N7O4/c1-34-20-9-8-17(14-21(20)35-2)24-30-29-22-10-11-23(31-32(22)24)36-13-12-26-25(33)19-15-18(27-28-19)16-6-4-3-5-7-16/h3-11,14-15H,12-13H2,1-2H3,(H,26,33)(H,27,28). The summed E-state index contributed by atoms with van der Waals surface area (Å²) in [7, 11) is 3.15. The molecule has 3 aromatic heterocycles. The maximum absolute atomic E-state index is 12.4. The van der Waals surface area contributed by atoms with E-state index in [4.69, 9.17) is 14.2 Å². The van der Waals surface area contributed by atoms with Crippen LogP contribution in [0.4, 0.5) is 0 Å². The van der Waals surface area contributed by atoms with Gasteiger partial charge in [-0.2, -0.15) is 9.61 Å². The van der Waals surface area contributed by atoms with Gasteiger partial charge in [-0.1, -0.05) is 30.3 Å². The summed E-state index contributed by atoms with van der Waals surface area (Å²) < 4.78 is 18.0. The molecule has 182 valence electrons. The Kier molecular flexibility index (Phi) is 6.43. The minimum absolute atomic E-state index is 0.220. The lowest BCUT2D eigenvalue weighted by molar-refractivity contribution is 0.0941. The topological polar surface area (TPSA) is 129 Å². The number of nitrogens with one attached hydrogen (secondary N) is 2. The Labute approximate surface area is 206 Å². The van der Waals surface area contributed by atoms with Gasteiger partial charge in [0.2, 0.25) is 5.88 Å². The number of rotatable bonds is 9. The van der Waals surface area contributed by atoms with Crippen molar-refractivity contribution in [1.82, 2.24) is 35.3 Å². The molecule has 0 unspecified atom stereocenters. The van der Waals surface area contributed by atoms with E-state index in [9.17, 15) is 4.79 Å². The lowest BCUT2D eigenvalue weighted by Gasteiger charge is -2.09. The summed E-state index contributed by atoms with van der Waals surface area (Å²) in [6.45, 7) is 0.501. The number of methoxy groups -OCH3 is 2. The zero-order chi connectivity index (χ0) is 24.9. The number of nitrogens with zero attached hydrogens (tertiary/aromatic N) is 5. The average Bonchev–Trinajstić information content (AvgIpc) is 3.59. The first-order valence-electron chi connectivity index (χ1n) is 11.1. The molecule has 0 spiro atoms. The molecule has 0 saturated heterocycles. The summed E-state index contributed by atoms with van der Waals surface area (Å²) in [5, 5.41) is 22.7. The first-order chi connectivity index (χ1) is 17.7. The molecule has 3 heterocycles. The molecule has 2 aromatic carbocycles. The fraction of sp³-hybridized carbons (Fsp3) is 0.160. The number of hydrogen-bond donors (Lipinski definition) is 2. The Morgan fingerprint density at radius 2 is 1.78 bits per heavy atom. The van der Waals surface area contributed by atoms with Gasteiger partial charge in [0.1, 0.15) is 12.3 Å². The lowest BCUT2D eigenvalue weighted by Crippen LogP contribution is -2.28. The third kappa shape index (κ3) is 4.67. The summed E-state index contributed by atoms with van der Waals surface area (Å²) in [4.78, 5) is 12.4. The molecule has 0 saturated carbocycles. The largest absolute Gasteiger partial charge is 0.493 e. The Balaban J connectivity index is 1.22. The quantitative estimate of drug-likeness (QED) is 0.305. The molecular weight excluding hydrogens is 462 g/mol. The minimum Gasteiger partial charge on any atom is -0.493 e. The molecular formula is C25H23N7O4. The SMILES string of the molecule is COc1ccc(-c2nnc3ccc(OCCNC(=O)c4cc(-c5ccccc5)n[nH]4)nn23)cc1OC. The zero-order valence-corrected chi connectivity index (χ0v) is 19.6. The van der Waals surface area contributed by atoms with E-state index in [0.29, 0.717) is 40.2 Å². The third-order valence-electron chi connectivity index (χ3n) is 5.41. The van der Waals surface area contributed by atoms with Crippen LogP contribution >= 0.6 is 0 Å². The molecule has 1 amide bonds. The molecule has 2 N–H and O–H groups in total. The molecule has 0 fully saturated rings. The van der Waals surface area contributed by atoms with Gasteiger partial charge in [0, 0.05) is 17.2 Å². The monoisotopic (exact) mass is 485 g/mol. The minimum atomic E-state index is -0.272. The molecule has 0 radical (unpaired) electrons. The first-order valence-corrected chi connectivity index (χ1v) is 11.1. The molecule has 36 heavy (non-hydrogen) atoms. The van der Waals surface area contributed by atoms with Gasteiger partial charge in [-0.25, -0.2) is 0 Å². The van der Waals surface area contributed by atoms with Crippen LogP contribution in [0, 0.1) is 0 Å². The fourth-order valence-corrected chi connectivity index (χ4v) is 3.61. The molecule has 5 aromatic rings. The highest BCUT2D eigenvalue weighted by molar-refractivity contribution is 5.93. The summed E-state index contributed by atoms with van der Waals surface area (Å²) in [6.07, 6.45) is 0. The summed E-state index contributed by atoms with van der Waals surface area (Å²) in [5.41, 5.74) is 3.32. The number of H-pyrrole nitrogens is 1. The van der Waals surface area contributed by atoms with Crippen LogP contribution in [0.3, 0.4) is 0 Å². The van der Waals surface area contributed by atoms with Crippen LogP contribution in [0.25, 0.3) is 28.3 Å². The number of benzene rings is 2. The van der Waals surface area contributed by atoms with Gasteiger partial charge in [0.15, 0.2) is 23.0 Å². The van der Waals surface area contributed by atoms with Gasteiger partial charge in [0.05, 0.1) is 26.5 Å². The van der Waals surface area contributed by atoms with Gasteiger partial charge in [-0.05, 0) is 30.3 Å². The second kappa shape index (κ2) is 10.1. The lowest BCUT2D eigenvalue weighted by atomic mass is 10.1. The summed E-state index contributed by atoms with van der Waals surface area (Å²) in [6, 6.07) is 20.2. The van der Waals surface area contributed by atoms with Crippen molar-refractivity contribution in [2.24, 2.45) is 0 Å². The third-order valence-corrected chi connectivity index (χ3v) is 5.41. The van der Waals surface area contributed by atoms with Crippen LogP contribution < -0.4 is 19.5 Å². The maximum atomic E-state index is 12.4. The van der Waals surface area contributed by atoms with E-state index in [1.165, 1.54) is 0 Å². The van der Waals surface area contributed by atoms with E-state index >= 15 is 0 Å². The summed E-state index contributed by atoms with van der Waals surface area (Å²) in [5.74, 6) is 1.80. The van der Waals surface area contributed by atoms with Crippen molar-refractivity contribution in [2.75, 3.05) is 27.4 Å². The Morgan fingerprint density at radius 3 is 2.58 bits per heavy atom. The number of ether oxygens (including phenoxy) is 3. The molecule has 5 rings (SSSR count). The fourth-order valence-electron chi connectivity index (χ4n) is 3.61. The normalized spacial score (nSPS) is 10.8. The van der Waals surface area contributed by atoms with Crippen molar-refractivity contribution in [1.29, 1.82) is 0 Å². The zero-order valence-electron chi connectivity index (χ0n) is 19.6. The highest BCUT2D eigenvalue weighted by Gasteiger charge is 2.14. The molecule has 0 aliphatic rings. The molecule has 0 bridgehead atoms. The van der Waals surface area contributed by atoms with Gasteiger partial charge in [-0.3, -0.25) is 9.89 Å². The van der Waals surface area contributed by atoms with Crippen LogP contribution in [0.2, 0.25) is 0 Å². The maximum Gasteiger partial charge on any atom is 0.269 e. The van der Waals surface area contributed by atoms with Gasteiger partial charge >= 0.3 is 0 Å². The van der Waals surface area contributed by atoms with Crippen LogP contribution in [0.15, 0.2) is 66.7 Å². The van der Waals surface area contributed by atoms with Crippen molar-refractivity contribution in [2.45, 2.75) is 0 Å². The number of amides is 1. The van der Waals surface area contributed by atoms with Crippen molar-refractivity contribution in [3.05, 3.63) is 72.4 Å². The smallest absolute Gasteiger partial charge is 0.269 e. The number of fused-ring (bicyclic) bond motifs is 1. The van der Waals surface area contributed by atoms with E-state index in [-0.39, 0.29) is 19.1 Å². The van der Waals surface area contributed by atoms with Gasteiger partial charge in [0.25, 0.3) is 5.91 Å². The number of aromatic amines is 1. The molecule has 0 atom stereocenters. The Hall–Kier alpha value is -4.93. The van der Waals surface area contributed by atoms with E-state index in [2.05, 4.69) is 30.8 Å². The predicted molar refractivity (Wildman–Crippen MR) is 131 cm³/mol. The number of hydrogen-bond acceptors (Lipinski definition) is 8. The van der Waals surface area contributed by atoms with Gasteiger partial charge in [-0.15, -0.1) is 15.3 Å². The molecule has 11 nitrogen and oxygen atoms in total. The summed E-state index contributed by atoms with van der Waals surface area (Å²) >= 11 is 0. The molecule has 0 aliphatic heterocycles. The predicted octanol–water partition coefficient (Wildman–Crippen LogP) is 3.01. The Bertz CT molecular complexity index is 1500.